The van der Waals surface area contributed by atoms with E-state index in [-0.39, 0.29) is 12.3 Å². The van der Waals surface area contributed by atoms with Crippen LogP contribution < -0.4 is 5.32 Å². The number of aliphatic carboxylic acids is 1. The maximum absolute atomic E-state index is 11.5. The number of carboxylic acid groups (broad SMARTS) is 1. The number of rotatable bonds is 4. The third-order valence-corrected chi connectivity index (χ3v) is 3.74. The van der Waals surface area contributed by atoms with Gasteiger partial charge in [0.15, 0.2) is 5.17 Å². The van der Waals surface area contributed by atoms with Gasteiger partial charge in [0, 0.05) is 0 Å². The second kappa shape index (κ2) is 6.33. The third-order valence-electron chi connectivity index (χ3n) is 2.67. The van der Waals surface area contributed by atoms with E-state index >= 15 is 0 Å². The number of hydrogen-bond acceptors (Lipinski definition) is 5. The maximum atomic E-state index is 11.5. The number of carbonyl (C=O) groups excluding carboxylic acids is 1. The summed E-state index contributed by atoms with van der Waals surface area (Å²) in [6.45, 7) is 1.96. The lowest BCUT2D eigenvalue weighted by atomic mass is 10.1. The van der Waals surface area contributed by atoms with Gasteiger partial charge >= 0.3 is 5.97 Å². The fourth-order valence-electron chi connectivity index (χ4n) is 1.62. The van der Waals surface area contributed by atoms with Crippen LogP contribution in [0.25, 0.3) is 0 Å². The van der Waals surface area contributed by atoms with Crippen LogP contribution in [0, 0.1) is 6.92 Å². The Bertz CT molecular complexity index is 598. The van der Waals surface area contributed by atoms with Crippen LogP contribution in [0.2, 0.25) is 0 Å². The van der Waals surface area contributed by atoms with E-state index in [1.807, 2.05) is 31.2 Å². The summed E-state index contributed by atoms with van der Waals surface area (Å²) in [5, 5.41) is 18.7. The van der Waals surface area contributed by atoms with Gasteiger partial charge in [-0.2, -0.15) is 5.10 Å². The smallest absolute Gasteiger partial charge is 0.305 e. The molecule has 20 heavy (non-hydrogen) atoms. The van der Waals surface area contributed by atoms with Crippen molar-refractivity contribution in [3.8, 4) is 0 Å². The van der Waals surface area contributed by atoms with Gasteiger partial charge < -0.3 is 10.4 Å². The lowest BCUT2D eigenvalue weighted by molar-refractivity contribution is -0.138. The fourth-order valence-corrected chi connectivity index (χ4v) is 2.54. The molecule has 1 aliphatic heterocycles. The summed E-state index contributed by atoms with van der Waals surface area (Å²) in [5.74, 6) is -1.36. The summed E-state index contributed by atoms with van der Waals surface area (Å²) in [6, 6.07) is 7.70. The highest BCUT2D eigenvalue weighted by atomic mass is 32.2. The SMILES string of the molecule is Cc1ccccc1C=NN=C1NC(=O)C(CC(=O)O)S1. The summed E-state index contributed by atoms with van der Waals surface area (Å²) in [4.78, 5) is 22.1. The molecule has 1 atom stereocenters. The first-order valence-electron chi connectivity index (χ1n) is 5.92. The van der Waals surface area contributed by atoms with Gasteiger partial charge in [0.25, 0.3) is 0 Å². The molecule has 1 fully saturated rings. The van der Waals surface area contributed by atoms with Crippen LogP contribution in [-0.2, 0) is 9.59 Å². The Morgan fingerprint density at radius 1 is 1.50 bits per heavy atom. The van der Waals surface area contributed by atoms with Crippen molar-refractivity contribution in [3.05, 3.63) is 35.4 Å². The molecule has 1 amide bonds. The predicted octanol–water partition coefficient (Wildman–Crippen LogP) is 1.39. The van der Waals surface area contributed by atoms with E-state index in [4.69, 9.17) is 5.11 Å². The predicted molar refractivity (Wildman–Crippen MR) is 78.0 cm³/mol. The first-order valence-corrected chi connectivity index (χ1v) is 6.80. The Hall–Kier alpha value is -2.15. The largest absolute Gasteiger partial charge is 0.481 e. The molecular weight excluding hydrogens is 278 g/mol. The molecule has 2 N–H and O–H groups in total. The molecule has 104 valence electrons. The minimum atomic E-state index is -1.01. The molecule has 1 saturated heterocycles. The van der Waals surface area contributed by atoms with Crippen molar-refractivity contribution in [3.63, 3.8) is 0 Å². The molecule has 1 unspecified atom stereocenters. The van der Waals surface area contributed by atoms with E-state index in [1.54, 1.807) is 6.21 Å². The summed E-state index contributed by atoms with van der Waals surface area (Å²) in [5.41, 5.74) is 2.01. The number of nitrogens with one attached hydrogen (secondary N) is 1. The number of aryl methyl sites for hydroxylation is 1. The van der Waals surface area contributed by atoms with Crippen LogP contribution in [0.3, 0.4) is 0 Å². The number of thioether (sulfide) groups is 1. The van der Waals surface area contributed by atoms with Gasteiger partial charge in [0.2, 0.25) is 5.91 Å². The highest BCUT2D eigenvalue weighted by Gasteiger charge is 2.32. The van der Waals surface area contributed by atoms with Crippen LogP contribution in [0.15, 0.2) is 34.5 Å². The molecule has 0 aromatic heterocycles. The minimum absolute atomic E-state index is 0.225. The second-order valence-corrected chi connectivity index (χ2v) is 5.39. The Morgan fingerprint density at radius 3 is 2.95 bits per heavy atom. The monoisotopic (exact) mass is 291 g/mol. The molecule has 1 aromatic rings. The highest BCUT2D eigenvalue weighted by Crippen LogP contribution is 2.22. The van der Waals surface area contributed by atoms with Crippen molar-refractivity contribution >= 4 is 35.0 Å². The van der Waals surface area contributed by atoms with Crippen molar-refractivity contribution < 1.29 is 14.7 Å². The van der Waals surface area contributed by atoms with Gasteiger partial charge in [-0.15, -0.1) is 5.10 Å². The van der Waals surface area contributed by atoms with Crippen molar-refractivity contribution in [2.45, 2.75) is 18.6 Å². The van der Waals surface area contributed by atoms with Crippen molar-refractivity contribution in [1.29, 1.82) is 0 Å². The molecule has 0 spiro atoms. The zero-order valence-corrected chi connectivity index (χ0v) is 11.6. The number of benzene rings is 1. The molecular formula is C13H13N3O3S. The molecule has 7 heteroatoms. The van der Waals surface area contributed by atoms with Gasteiger partial charge in [0.05, 0.1) is 12.6 Å². The zero-order valence-electron chi connectivity index (χ0n) is 10.7. The van der Waals surface area contributed by atoms with E-state index in [1.165, 1.54) is 0 Å². The van der Waals surface area contributed by atoms with E-state index in [0.717, 1.165) is 22.9 Å². The molecule has 0 aliphatic carbocycles. The summed E-state index contributed by atoms with van der Waals surface area (Å²) in [6.07, 6.45) is 1.37. The minimum Gasteiger partial charge on any atom is -0.481 e. The molecule has 1 aromatic carbocycles. The first kappa shape index (κ1) is 14.3. The molecule has 2 rings (SSSR count). The number of carboxylic acids is 1. The third kappa shape index (κ3) is 3.67. The summed E-state index contributed by atoms with van der Waals surface area (Å²) < 4.78 is 0. The quantitative estimate of drug-likeness (QED) is 0.648. The molecule has 1 aliphatic rings. The van der Waals surface area contributed by atoms with Gasteiger partial charge in [-0.3, -0.25) is 9.59 Å². The Kier molecular flexibility index (Phi) is 4.52. The van der Waals surface area contributed by atoms with Gasteiger partial charge in [0.1, 0.15) is 5.25 Å². The molecule has 0 saturated carbocycles. The van der Waals surface area contributed by atoms with Crippen molar-refractivity contribution in [2.24, 2.45) is 10.2 Å². The number of nitrogens with zero attached hydrogens (tertiary/aromatic N) is 2. The van der Waals surface area contributed by atoms with Crippen molar-refractivity contribution in [1.82, 2.24) is 5.32 Å². The first-order chi connectivity index (χ1) is 9.56. The molecule has 0 radical (unpaired) electrons. The van der Waals surface area contributed by atoms with Gasteiger partial charge in [-0.25, -0.2) is 0 Å². The molecule has 0 bridgehead atoms. The second-order valence-electron chi connectivity index (χ2n) is 4.20. The van der Waals surface area contributed by atoms with Crippen LogP contribution >= 0.6 is 11.8 Å². The van der Waals surface area contributed by atoms with Crippen LogP contribution in [-0.4, -0.2) is 33.6 Å². The number of hydrogen-bond donors (Lipinski definition) is 2. The lowest BCUT2D eigenvalue weighted by Gasteiger charge is -1.98. The lowest BCUT2D eigenvalue weighted by Crippen LogP contribution is -2.26. The Labute approximate surface area is 120 Å². The average Bonchev–Trinajstić information content (AvgIpc) is 2.72. The van der Waals surface area contributed by atoms with Crippen LogP contribution in [0.4, 0.5) is 0 Å². The molecule has 1 heterocycles. The normalized spacial score (nSPS) is 20.6. The summed E-state index contributed by atoms with van der Waals surface area (Å²) in [7, 11) is 0. The molecule has 6 nitrogen and oxygen atoms in total. The number of amides is 1. The average molecular weight is 291 g/mol. The van der Waals surface area contributed by atoms with Crippen LogP contribution in [0.1, 0.15) is 17.5 Å². The fraction of sp³-hybridized carbons (Fsp3) is 0.231. The van der Waals surface area contributed by atoms with Crippen LogP contribution in [0.5, 0.6) is 0 Å². The van der Waals surface area contributed by atoms with Gasteiger partial charge in [-0.1, -0.05) is 36.0 Å². The summed E-state index contributed by atoms with van der Waals surface area (Å²) >= 11 is 1.08. The van der Waals surface area contributed by atoms with E-state index in [9.17, 15) is 9.59 Å². The number of carbonyl (C=O) groups is 2. The van der Waals surface area contributed by atoms with Crippen molar-refractivity contribution in [2.75, 3.05) is 0 Å². The van der Waals surface area contributed by atoms with E-state index in [2.05, 4.69) is 15.5 Å². The van der Waals surface area contributed by atoms with E-state index < -0.39 is 11.2 Å². The van der Waals surface area contributed by atoms with E-state index in [0.29, 0.717) is 5.17 Å². The maximum Gasteiger partial charge on any atom is 0.305 e. The van der Waals surface area contributed by atoms with Gasteiger partial charge in [-0.05, 0) is 18.1 Å². The Balaban J connectivity index is 2.01. The standard InChI is InChI=1S/C13H13N3O3S/c1-8-4-2-3-5-9(8)7-14-16-13-15-12(19)10(20-13)6-11(17)18/h2-5,7,10H,6H2,1H3,(H,17,18)(H,15,16,19). The Morgan fingerprint density at radius 2 is 2.25 bits per heavy atom. The topological polar surface area (TPSA) is 91.1 Å². The highest BCUT2D eigenvalue weighted by molar-refractivity contribution is 8.15. The zero-order chi connectivity index (χ0) is 14.5. The number of amidine groups is 1.